The van der Waals surface area contributed by atoms with E-state index in [2.05, 4.69) is 26.0 Å². The predicted octanol–water partition coefficient (Wildman–Crippen LogP) is 2.46. The van der Waals surface area contributed by atoms with Crippen LogP contribution < -0.4 is 11.3 Å². The molecule has 0 radical (unpaired) electrons. The van der Waals surface area contributed by atoms with Gasteiger partial charge in [0.15, 0.2) is 0 Å². The Morgan fingerprint density at radius 2 is 1.75 bits per heavy atom. The van der Waals surface area contributed by atoms with Gasteiger partial charge in [-0.3, -0.25) is 10.2 Å². The number of nitrogen functional groups attached to an aromatic ring is 1. The van der Waals surface area contributed by atoms with Crippen molar-refractivity contribution in [1.29, 1.82) is 5.41 Å². The average molecular weight is 269 g/mol. The number of amidine groups is 1. The van der Waals surface area contributed by atoms with Crippen LogP contribution in [-0.2, 0) is 7.05 Å². The molecule has 0 spiro atoms. The molecule has 0 fully saturated rings. The first-order valence-electron chi connectivity index (χ1n) is 6.56. The van der Waals surface area contributed by atoms with E-state index in [1.165, 1.54) is 10.1 Å². The lowest BCUT2D eigenvalue weighted by atomic mass is 10.0. The Morgan fingerprint density at radius 3 is 2.25 bits per heavy atom. The Labute approximate surface area is 118 Å². The molecule has 104 valence electrons. The monoisotopic (exact) mass is 269 g/mol. The Morgan fingerprint density at radius 1 is 1.15 bits per heavy atom. The fourth-order valence-electron chi connectivity index (χ4n) is 2.17. The van der Waals surface area contributed by atoms with E-state index >= 15 is 0 Å². The number of aromatic nitrogens is 1. The van der Waals surface area contributed by atoms with E-state index in [9.17, 15) is 4.79 Å². The zero-order valence-corrected chi connectivity index (χ0v) is 12.0. The van der Waals surface area contributed by atoms with Crippen LogP contribution in [0.3, 0.4) is 0 Å². The highest BCUT2D eigenvalue weighted by molar-refractivity contribution is 5.94. The molecule has 0 bridgehead atoms. The second kappa shape index (κ2) is 5.33. The van der Waals surface area contributed by atoms with Crippen molar-refractivity contribution in [2.75, 3.05) is 0 Å². The first kappa shape index (κ1) is 14.1. The quantitative estimate of drug-likeness (QED) is 0.663. The second-order valence-corrected chi connectivity index (χ2v) is 5.19. The van der Waals surface area contributed by atoms with Crippen LogP contribution >= 0.6 is 0 Å². The predicted molar refractivity (Wildman–Crippen MR) is 82.2 cm³/mol. The van der Waals surface area contributed by atoms with Crippen molar-refractivity contribution < 1.29 is 0 Å². The summed E-state index contributed by atoms with van der Waals surface area (Å²) in [4.78, 5) is 12.1. The van der Waals surface area contributed by atoms with Crippen molar-refractivity contribution in [1.82, 2.24) is 4.57 Å². The number of rotatable bonds is 3. The molecule has 1 aromatic carbocycles. The van der Waals surface area contributed by atoms with Crippen LogP contribution in [0, 0.1) is 5.41 Å². The molecule has 0 aliphatic heterocycles. The lowest BCUT2D eigenvalue weighted by Gasteiger charge is -2.11. The molecular weight excluding hydrogens is 250 g/mol. The van der Waals surface area contributed by atoms with Gasteiger partial charge in [-0.05, 0) is 29.2 Å². The van der Waals surface area contributed by atoms with Gasteiger partial charge in [-0.25, -0.2) is 0 Å². The van der Waals surface area contributed by atoms with Crippen LogP contribution in [0.1, 0.15) is 30.9 Å². The Balaban J connectivity index is 2.51. The molecule has 1 aromatic heterocycles. The molecule has 2 aromatic rings. The van der Waals surface area contributed by atoms with Gasteiger partial charge in [0.2, 0.25) is 0 Å². The number of pyridine rings is 1. The first-order chi connectivity index (χ1) is 9.41. The average Bonchev–Trinajstić information content (AvgIpc) is 2.41. The van der Waals surface area contributed by atoms with Crippen LogP contribution in [0.2, 0.25) is 0 Å². The van der Waals surface area contributed by atoms with Crippen molar-refractivity contribution >= 4 is 5.84 Å². The largest absolute Gasteiger partial charge is 0.384 e. The summed E-state index contributed by atoms with van der Waals surface area (Å²) in [6, 6.07) is 11.6. The first-order valence-corrected chi connectivity index (χ1v) is 6.56. The summed E-state index contributed by atoms with van der Waals surface area (Å²) >= 11 is 0. The van der Waals surface area contributed by atoms with E-state index in [1.807, 2.05) is 18.2 Å². The molecular formula is C16H19N3O. The lowest BCUT2D eigenvalue weighted by Crippen LogP contribution is -2.28. The summed E-state index contributed by atoms with van der Waals surface area (Å²) in [6.07, 6.45) is 0. The molecule has 0 aliphatic rings. The van der Waals surface area contributed by atoms with Gasteiger partial charge in [-0.2, -0.15) is 0 Å². The zero-order chi connectivity index (χ0) is 14.9. The third-order valence-corrected chi connectivity index (χ3v) is 3.47. The standard InChI is InChI=1S/C16H19N3O/c1-10(2)11-4-6-12(7-5-11)14-9-8-13(15(17)18)16(20)19(14)3/h4-10H,1-3H3,(H3,17,18). The maximum Gasteiger partial charge on any atom is 0.261 e. The lowest BCUT2D eigenvalue weighted by molar-refractivity contribution is 0.860. The molecule has 0 saturated carbocycles. The molecule has 0 unspecified atom stereocenters. The van der Waals surface area contributed by atoms with Gasteiger partial charge in [0, 0.05) is 7.05 Å². The SMILES string of the molecule is CC(C)c1ccc(-c2ccc(C(=N)N)c(=O)n2C)cc1. The van der Waals surface area contributed by atoms with Crippen molar-refractivity contribution in [2.45, 2.75) is 19.8 Å². The van der Waals surface area contributed by atoms with Gasteiger partial charge < -0.3 is 10.3 Å². The van der Waals surface area contributed by atoms with Crippen LogP contribution in [0.5, 0.6) is 0 Å². The number of hydrogen-bond acceptors (Lipinski definition) is 2. The molecule has 4 heteroatoms. The second-order valence-electron chi connectivity index (χ2n) is 5.19. The number of benzene rings is 1. The topological polar surface area (TPSA) is 71.9 Å². The minimum absolute atomic E-state index is 0.202. The normalized spacial score (nSPS) is 10.8. The molecule has 20 heavy (non-hydrogen) atoms. The molecule has 2 rings (SSSR count). The molecule has 0 saturated heterocycles. The Hall–Kier alpha value is -2.36. The molecule has 0 atom stereocenters. The Kier molecular flexibility index (Phi) is 3.74. The molecule has 3 N–H and O–H groups in total. The summed E-state index contributed by atoms with van der Waals surface area (Å²) in [5, 5.41) is 7.39. The summed E-state index contributed by atoms with van der Waals surface area (Å²) in [7, 11) is 1.69. The molecule has 4 nitrogen and oxygen atoms in total. The highest BCUT2D eigenvalue weighted by atomic mass is 16.1. The van der Waals surface area contributed by atoms with Crippen LogP contribution in [0.15, 0.2) is 41.2 Å². The maximum atomic E-state index is 12.1. The number of nitrogens with zero attached hydrogens (tertiary/aromatic N) is 1. The minimum Gasteiger partial charge on any atom is -0.384 e. The fourth-order valence-corrected chi connectivity index (χ4v) is 2.17. The van der Waals surface area contributed by atoms with Crippen LogP contribution in [0.4, 0.5) is 0 Å². The summed E-state index contributed by atoms with van der Waals surface area (Å²) in [5.74, 6) is 0.278. The molecule has 0 aliphatic carbocycles. The molecule has 1 heterocycles. The van der Waals surface area contributed by atoms with Crippen molar-refractivity contribution in [2.24, 2.45) is 12.8 Å². The fraction of sp³-hybridized carbons (Fsp3) is 0.250. The summed E-state index contributed by atoms with van der Waals surface area (Å²) in [6.45, 7) is 4.29. The number of hydrogen-bond donors (Lipinski definition) is 2. The van der Waals surface area contributed by atoms with Gasteiger partial charge in [-0.1, -0.05) is 38.1 Å². The summed E-state index contributed by atoms with van der Waals surface area (Å²) in [5.41, 5.74) is 8.43. The third-order valence-electron chi connectivity index (χ3n) is 3.47. The van der Waals surface area contributed by atoms with Crippen LogP contribution in [-0.4, -0.2) is 10.4 Å². The van der Waals surface area contributed by atoms with Crippen molar-refractivity contribution in [3.8, 4) is 11.3 Å². The van der Waals surface area contributed by atoms with Gasteiger partial charge in [-0.15, -0.1) is 0 Å². The zero-order valence-electron chi connectivity index (χ0n) is 12.0. The van der Waals surface area contributed by atoms with E-state index < -0.39 is 0 Å². The highest BCUT2D eigenvalue weighted by Crippen LogP contribution is 2.21. The van der Waals surface area contributed by atoms with Gasteiger partial charge in [0.1, 0.15) is 5.84 Å². The van der Waals surface area contributed by atoms with Gasteiger partial charge >= 0.3 is 0 Å². The smallest absolute Gasteiger partial charge is 0.261 e. The third kappa shape index (κ3) is 2.50. The van der Waals surface area contributed by atoms with E-state index in [-0.39, 0.29) is 17.0 Å². The van der Waals surface area contributed by atoms with E-state index in [1.54, 1.807) is 13.1 Å². The number of nitrogens with two attached hydrogens (primary N) is 1. The van der Waals surface area contributed by atoms with E-state index in [0.717, 1.165) is 11.3 Å². The number of nitrogens with one attached hydrogen (secondary N) is 1. The van der Waals surface area contributed by atoms with Gasteiger partial charge in [0.05, 0.1) is 11.3 Å². The minimum atomic E-state index is -0.247. The molecule has 0 amide bonds. The summed E-state index contributed by atoms with van der Waals surface area (Å²) < 4.78 is 1.53. The van der Waals surface area contributed by atoms with Crippen LogP contribution in [0.25, 0.3) is 11.3 Å². The highest BCUT2D eigenvalue weighted by Gasteiger charge is 2.09. The van der Waals surface area contributed by atoms with E-state index in [4.69, 9.17) is 11.1 Å². The van der Waals surface area contributed by atoms with Crippen molar-refractivity contribution in [3.63, 3.8) is 0 Å². The maximum absolute atomic E-state index is 12.1. The van der Waals surface area contributed by atoms with Gasteiger partial charge in [0.25, 0.3) is 5.56 Å². The Bertz CT molecular complexity index is 697. The van der Waals surface area contributed by atoms with E-state index in [0.29, 0.717) is 5.92 Å². The van der Waals surface area contributed by atoms with Crippen molar-refractivity contribution in [3.05, 3.63) is 57.9 Å².